The number of carbonyl (C=O) groups excluding carboxylic acids is 1. The molecule has 1 heterocycles. The van der Waals surface area contributed by atoms with Crippen LogP contribution in [-0.4, -0.2) is 18.4 Å². The van der Waals surface area contributed by atoms with E-state index in [1.54, 1.807) is 0 Å². The number of rotatable bonds is 2. The Morgan fingerprint density at radius 2 is 1.94 bits per heavy atom. The van der Waals surface area contributed by atoms with Crippen molar-refractivity contribution in [3.63, 3.8) is 0 Å². The van der Waals surface area contributed by atoms with Crippen LogP contribution >= 0.6 is 0 Å². The first-order valence-electron chi connectivity index (χ1n) is 4.32. The van der Waals surface area contributed by atoms with Crippen LogP contribution in [0.1, 0.15) is 19.1 Å². The predicted octanol–water partition coefficient (Wildman–Crippen LogP) is -2.32. The molecule has 86 valence electrons. The number of carbonyl (C=O) groups is 1. The molecule has 0 spiro atoms. The summed E-state index contributed by atoms with van der Waals surface area (Å²) < 4.78 is 17.6. The number of aliphatic imine (C=N–C) groups is 1. The Morgan fingerprint density at radius 3 is 2.47 bits per heavy atom. The van der Waals surface area contributed by atoms with Crippen molar-refractivity contribution < 1.29 is 70.4 Å². The second-order valence-corrected chi connectivity index (χ2v) is 3.13. The summed E-state index contributed by atoms with van der Waals surface area (Å²) in [7, 11) is 0. The van der Waals surface area contributed by atoms with E-state index in [4.69, 9.17) is 4.74 Å². The Morgan fingerprint density at radius 1 is 1.35 bits per heavy atom. The minimum absolute atomic E-state index is 0. The molecule has 1 aromatic rings. The fourth-order valence-corrected chi connectivity index (χ4v) is 1.42. The summed E-state index contributed by atoms with van der Waals surface area (Å²) in [5.74, 6) is -1.69. The van der Waals surface area contributed by atoms with Gasteiger partial charge < -0.3 is 14.6 Å². The quantitative estimate of drug-likeness (QED) is 0.563. The van der Waals surface area contributed by atoms with E-state index in [2.05, 4.69) is 4.99 Å². The average molecular weight is 263 g/mol. The normalized spacial score (nSPS) is 21.0. The van der Waals surface area contributed by atoms with Crippen LogP contribution in [0.3, 0.4) is 0 Å². The van der Waals surface area contributed by atoms with Gasteiger partial charge in [-0.05, 0) is 17.7 Å². The fraction of sp³-hybridized carbons (Fsp3) is 0.273. The summed E-state index contributed by atoms with van der Waals surface area (Å²) in [6.07, 6.45) is 0.352. The molecule has 0 amide bonds. The van der Waals surface area contributed by atoms with Gasteiger partial charge in [0.1, 0.15) is 11.9 Å². The van der Waals surface area contributed by atoms with Crippen LogP contribution in [-0.2, 0) is 9.53 Å². The van der Waals surface area contributed by atoms with Crippen LogP contribution < -0.4 is 56.5 Å². The van der Waals surface area contributed by atoms with Crippen molar-refractivity contribution in [1.82, 2.24) is 0 Å². The van der Waals surface area contributed by atoms with E-state index < -0.39 is 18.1 Å². The molecule has 0 fully saturated rings. The zero-order chi connectivity index (χ0) is 10.8. The van der Waals surface area contributed by atoms with Gasteiger partial charge >= 0.3 is 51.4 Å². The zero-order valence-electron chi connectivity index (χ0n) is 8.59. The molecule has 0 bridgehead atoms. The van der Waals surface area contributed by atoms with Crippen molar-refractivity contribution in [3.8, 4) is 0 Å². The summed E-state index contributed by atoms with van der Waals surface area (Å²) in [6, 6.07) is 4.34. The first-order chi connectivity index (χ1) is 7.18. The average Bonchev–Trinajstić information content (AvgIpc) is 2.67. The topological polar surface area (TPSA) is 61.7 Å². The van der Waals surface area contributed by atoms with Crippen LogP contribution in [0, 0.1) is 5.82 Å². The molecule has 0 radical (unpaired) electrons. The van der Waals surface area contributed by atoms with Crippen LogP contribution in [0.4, 0.5) is 4.39 Å². The SMILES string of the molecule is C.O=C([O-])[C@H]1N=CO[C@@H]1c1ccc(F)cc1.[K+]. The molecular formula is C11H11FKNO3. The van der Waals surface area contributed by atoms with E-state index in [0.29, 0.717) is 5.56 Å². The monoisotopic (exact) mass is 263 g/mol. The number of hydrogen-bond acceptors (Lipinski definition) is 4. The van der Waals surface area contributed by atoms with Gasteiger partial charge in [0.25, 0.3) is 0 Å². The van der Waals surface area contributed by atoms with E-state index in [9.17, 15) is 14.3 Å². The summed E-state index contributed by atoms with van der Waals surface area (Å²) in [5.41, 5.74) is 0.558. The summed E-state index contributed by atoms with van der Waals surface area (Å²) >= 11 is 0. The predicted molar refractivity (Wildman–Crippen MR) is 54.2 cm³/mol. The molecule has 1 aromatic carbocycles. The van der Waals surface area contributed by atoms with Crippen molar-refractivity contribution >= 4 is 12.4 Å². The van der Waals surface area contributed by atoms with Gasteiger partial charge in [-0.2, -0.15) is 0 Å². The number of aliphatic carboxylic acids is 1. The Bertz CT molecular complexity index is 408. The molecule has 0 aromatic heterocycles. The Hall–Kier alpha value is -0.274. The van der Waals surface area contributed by atoms with Crippen LogP contribution in [0.25, 0.3) is 0 Å². The van der Waals surface area contributed by atoms with Gasteiger partial charge in [0.15, 0.2) is 12.5 Å². The van der Waals surface area contributed by atoms with E-state index in [1.165, 1.54) is 24.3 Å². The largest absolute Gasteiger partial charge is 1.00 e. The summed E-state index contributed by atoms with van der Waals surface area (Å²) in [4.78, 5) is 14.3. The molecule has 17 heavy (non-hydrogen) atoms. The van der Waals surface area contributed by atoms with E-state index in [-0.39, 0.29) is 64.6 Å². The van der Waals surface area contributed by atoms with Crippen LogP contribution in [0.2, 0.25) is 0 Å². The molecule has 2 rings (SSSR count). The van der Waals surface area contributed by atoms with E-state index in [1.807, 2.05) is 0 Å². The smallest absolute Gasteiger partial charge is 0.548 e. The minimum atomic E-state index is -1.31. The zero-order valence-corrected chi connectivity index (χ0v) is 11.7. The maximum atomic E-state index is 12.6. The van der Waals surface area contributed by atoms with Crippen molar-refractivity contribution in [2.24, 2.45) is 4.99 Å². The Labute approximate surface area is 141 Å². The van der Waals surface area contributed by atoms with E-state index >= 15 is 0 Å². The molecular weight excluding hydrogens is 252 g/mol. The van der Waals surface area contributed by atoms with Crippen LogP contribution in [0.5, 0.6) is 0 Å². The molecule has 1 aliphatic heterocycles. The molecule has 0 saturated carbocycles. The number of hydrogen-bond donors (Lipinski definition) is 0. The van der Waals surface area contributed by atoms with E-state index in [0.717, 1.165) is 6.40 Å². The molecule has 0 N–H and O–H groups in total. The number of nitrogens with zero attached hydrogens (tertiary/aromatic N) is 1. The van der Waals surface area contributed by atoms with Crippen molar-refractivity contribution in [2.75, 3.05) is 0 Å². The van der Waals surface area contributed by atoms with Crippen LogP contribution in [0.15, 0.2) is 29.3 Å². The molecule has 6 heteroatoms. The molecule has 0 aliphatic carbocycles. The number of carboxylic acids is 1. The maximum absolute atomic E-state index is 12.6. The standard InChI is InChI=1S/C10H8FNO3.CH4.K/c11-7-3-1-6(2-4-7)9-8(10(13)14)12-5-15-9;;/h1-5,8-9H,(H,13,14);1H4;/q;;+1/p-1/t8-,9+;;/m0../s1. The van der Waals surface area contributed by atoms with Gasteiger partial charge in [0.2, 0.25) is 0 Å². The molecule has 1 aliphatic rings. The number of benzene rings is 1. The molecule has 0 unspecified atom stereocenters. The second-order valence-electron chi connectivity index (χ2n) is 3.13. The summed E-state index contributed by atoms with van der Waals surface area (Å²) in [5, 5.41) is 10.7. The van der Waals surface area contributed by atoms with Crippen molar-refractivity contribution in [3.05, 3.63) is 35.6 Å². The van der Waals surface area contributed by atoms with Gasteiger partial charge in [-0.15, -0.1) is 0 Å². The minimum Gasteiger partial charge on any atom is -0.548 e. The van der Waals surface area contributed by atoms with Crippen molar-refractivity contribution in [1.29, 1.82) is 0 Å². The van der Waals surface area contributed by atoms with Gasteiger partial charge in [0.05, 0.1) is 5.97 Å². The molecule has 0 saturated heterocycles. The third-order valence-electron chi connectivity index (χ3n) is 2.16. The van der Waals surface area contributed by atoms with Gasteiger partial charge in [-0.1, -0.05) is 19.6 Å². The Balaban J connectivity index is 0.00000128. The number of carboxylic acid groups (broad SMARTS) is 1. The second kappa shape index (κ2) is 7.23. The number of halogens is 1. The van der Waals surface area contributed by atoms with Gasteiger partial charge in [-0.3, -0.25) is 0 Å². The third-order valence-corrected chi connectivity index (χ3v) is 2.16. The Kier molecular flexibility index (Phi) is 7.11. The molecule has 4 nitrogen and oxygen atoms in total. The van der Waals surface area contributed by atoms with Crippen molar-refractivity contribution in [2.45, 2.75) is 19.6 Å². The first kappa shape index (κ1) is 16.7. The number of ether oxygens (including phenoxy) is 1. The van der Waals surface area contributed by atoms with Gasteiger partial charge in [0, 0.05) is 0 Å². The maximum Gasteiger partial charge on any atom is 1.00 e. The molecule has 2 atom stereocenters. The third kappa shape index (κ3) is 3.85. The first-order valence-corrected chi connectivity index (χ1v) is 4.32. The van der Waals surface area contributed by atoms with Gasteiger partial charge in [-0.25, -0.2) is 9.38 Å². The summed E-state index contributed by atoms with van der Waals surface area (Å²) in [6.45, 7) is 0. The fourth-order valence-electron chi connectivity index (χ4n) is 1.42.